The second kappa shape index (κ2) is 8.27. The van der Waals surface area contributed by atoms with E-state index in [0.717, 1.165) is 0 Å². The fourth-order valence-electron chi connectivity index (χ4n) is 1.56. The Bertz CT molecular complexity index is 263. The van der Waals surface area contributed by atoms with Gasteiger partial charge in [0.05, 0.1) is 12.7 Å². The van der Waals surface area contributed by atoms with Gasteiger partial charge in [0.2, 0.25) is 11.8 Å². The number of rotatable bonds is 4. The molecule has 0 saturated carbocycles. The first-order valence-corrected chi connectivity index (χ1v) is 5.48. The molecular formula is C10H20ClN3O3. The molecule has 100 valence electrons. The molecule has 2 amide bonds. The van der Waals surface area contributed by atoms with Crippen molar-refractivity contribution in [1.82, 2.24) is 16.0 Å². The van der Waals surface area contributed by atoms with Crippen molar-refractivity contribution in [2.75, 3.05) is 26.2 Å². The van der Waals surface area contributed by atoms with Gasteiger partial charge in [-0.1, -0.05) is 0 Å². The van der Waals surface area contributed by atoms with Crippen molar-refractivity contribution in [2.45, 2.75) is 26.0 Å². The van der Waals surface area contributed by atoms with Crippen molar-refractivity contribution in [3.05, 3.63) is 0 Å². The number of carbonyl (C=O) groups excluding carboxylic acids is 2. The van der Waals surface area contributed by atoms with Crippen molar-refractivity contribution < 1.29 is 14.3 Å². The number of morpholine rings is 1. The van der Waals surface area contributed by atoms with E-state index >= 15 is 0 Å². The Kier molecular flexibility index (Phi) is 7.86. The molecule has 0 aliphatic carbocycles. The predicted octanol–water partition coefficient (Wildman–Crippen LogP) is -0.963. The monoisotopic (exact) mass is 265 g/mol. The van der Waals surface area contributed by atoms with Crippen LogP contribution in [0.5, 0.6) is 0 Å². The third-order valence-electron chi connectivity index (χ3n) is 2.40. The Hall–Kier alpha value is -0.850. The second-order valence-electron chi connectivity index (χ2n) is 3.78. The standard InChI is InChI=1S/C10H19N3O3.ClH/c1-7-9(12-5-6-16-7)10(15)13-4-3-11-8(2)14;/h7,9,12H,3-6H2,1-2H3,(H,11,14)(H,13,15);1H/t7-,9+;/m1./s1. The van der Waals surface area contributed by atoms with Crippen molar-refractivity contribution in [3.63, 3.8) is 0 Å². The highest BCUT2D eigenvalue weighted by Gasteiger charge is 2.27. The summed E-state index contributed by atoms with van der Waals surface area (Å²) in [6.07, 6.45) is -0.116. The molecule has 6 nitrogen and oxygen atoms in total. The van der Waals surface area contributed by atoms with Crippen LogP contribution in [0.3, 0.4) is 0 Å². The molecule has 1 heterocycles. The van der Waals surface area contributed by atoms with Gasteiger partial charge < -0.3 is 20.7 Å². The van der Waals surface area contributed by atoms with Gasteiger partial charge in [-0.2, -0.15) is 0 Å². The third kappa shape index (κ3) is 5.86. The summed E-state index contributed by atoms with van der Waals surface area (Å²) < 4.78 is 5.36. The van der Waals surface area contributed by atoms with Gasteiger partial charge in [-0.3, -0.25) is 9.59 Å². The number of hydrogen-bond acceptors (Lipinski definition) is 4. The first kappa shape index (κ1) is 16.1. The Morgan fingerprint density at radius 2 is 2.00 bits per heavy atom. The van der Waals surface area contributed by atoms with Crippen LogP contribution in [-0.4, -0.2) is 50.2 Å². The van der Waals surface area contributed by atoms with Gasteiger partial charge >= 0.3 is 0 Å². The topological polar surface area (TPSA) is 79.5 Å². The van der Waals surface area contributed by atoms with Gasteiger partial charge in [0.15, 0.2) is 0 Å². The minimum absolute atomic E-state index is 0. The molecule has 0 aromatic rings. The number of amides is 2. The van der Waals surface area contributed by atoms with Crippen LogP contribution in [0.4, 0.5) is 0 Å². The van der Waals surface area contributed by atoms with Gasteiger partial charge in [-0.15, -0.1) is 12.4 Å². The number of carbonyl (C=O) groups is 2. The normalized spacial score (nSPS) is 23.4. The van der Waals surface area contributed by atoms with Crippen LogP contribution < -0.4 is 16.0 Å². The van der Waals surface area contributed by atoms with Crippen LogP contribution in [0.1, 0.15) is 13.8 Å². The fraction of sp³-hybridized carbons (Fsp3) is 0.800. The smallest absolute Gasteiger partial charge is 0.239 e. The lowest BCUT2D eigenvalue weighted by Gasteiger charge is -2.29. The molecule has 3 N–H and O–H groups in total. The van der Waals surface area contributed by atoms with E-state index in [-0.39, 0.29) is 36.4 Å². The Morgan fingerprint density at radius 1 is 1.35 bits per heavy atom. The third-order valence-corrected chi connectivity index (χ3v) is 2.40. The molecule has 1 rings (SSSR count). The molecule has 1 saturated heterocycles. The summed E-state index contributed by atoms with van der Waals surface area (Å²) in [6.45, 7) is 5.52. The van der Waals surface area contributed by atoms with Crippen LogP contribution in [-0.2, 0) is 14.3 Å². The lowest BCUT2D eigenvalue weighted by molar-refractivity contribution is -0.129. The Balaban J connectivity index is 0.00000256. The molecular weight excluding hydrogens is 246 g/mol. The van der Waals surface area contributed by atoms with Crippen LogP contribution in [0.15, 0.2) is 0 Å². The summed E-state index contributed by atoms with van der Waals surface area (Å²) in [4.78, 5) is 22.3. The zero-order chi connectivity index (χ0) is 12.0. The molecule has 7 heteroatoms. The molecule has 0 bridgehead atoms. The average Bonchev–Trinajstić information content (AvgIpc) is 2.24. The van der Waals surface area contributed by atoms with E-state index in [1.807, 2.05) is 6.92 Å². The zero-order valence-electron chi connectivity index (χ0n) is 10.1. The molecule has 2 atom stereocenters. The number of halogens is 1. The van der Waals surface area contributed by atoms with Gasteiger partial charge in [0.25, 0.3) is 0 Å². The summed E-state index contributed by atoms with van der Waals surface area (Å²) in [5, 5.41) is 8.45. The first-order valence-electron chi connectivity index (χ1n) is 5.48. The fourth-order valence-corrected chi connectivity index (χ4v) is 1.56. The molecule has 0 spiro atoms. The number of hydrogen-bond donors (Lipinski definition) is 3. The summed E-state index contributed by atoms with van der Waals surface area (Å²) in [7, 11) is 0. The summed E-state index contributed by atoms with van der Waals surface area (Å²) in [6, 6.07) is -0.300. The first-order chi connectivity index (χ1) is 7.61. The van der Waals surface area contributed by atoms with Gasteiger partial charge in [-0.25, -0.2) is 0 Å². The summed E-state index contributed by atoms with van der Waals surface area (Å²) >= 11 is 0. The van der Waals surface area contributed by atoms with Gasteiger partial charge in [0.1, 0.15) is 6.04 Å². The highest BCUT2D eigenvalue weighted by molar-refractivity contribution is 5.85. The minimum Gasteiger partial charge on any atom is -0.375 e. The maximum Gasteiger partial charge on any atom is 0.239 e. The molecule has 17 heavy (non-hydrogen) atoms. The largest absolute Gasteiger partial charge is 0.375 e. The number of ether oxygens (including phenoxy) is 1. The quantitative estimate of drug-likeness (QED) is 0.572. The summed E-state index contributed by atoms with van der Waals surface area (Å²) in [5.74, 6) is -0.181. The van der Waals surface area contributed by atoms with E-state index in [2.05, 4.69) is 16.0 Å². The Morgan fingerprint density at radius 3 is 2.59 bits per heavy atom. The second-order valence-corrected chi connectivity index (χ2v) is 3.78. The lowest BCUT2D eigenvalue weighted by atomic mass is 10.1. The van der Waals surface area contributed by atoms with Crippen LogP contribution in [0, 0.1) is 0 Å². The van der Waals surface area contributed by atoms with Crippen LogP contribution in [0.2, 0.25) is 0 Å². The molecule has 0 aromatic heterocycles. The van der Waals surface area contributed by atoms with Crippen molar-refractivity contribution in [3.8, 4) is 0 Å². The summed E-state index contributed by atoms with van der Waals surface area (Å²) in [5.41, 5.74) is 0. The minimum atomic E-state index is -0.300. The van der Waals surface area contributed by atoms with E-state index in [0.29, 0.717) is 26.2 Å². The van der Waals surface area contributed by atoms with Crippen LogP contribution in [0.25, 0.3) is 0 Å². The van der Waals surface area contributed by atoms with E-state index < -0.39 is 0 Å². The highest BCUT2D eigenvalue weighted by atomic mass is 35.5. The van der Waals surface area contributed by atoms with Crippen molar-refractivity contribution in [1.29, 1.82) is 0 Å². The molecule has 1 aliphatic rings. The predicted molar refractivity (Wildman–Crippen MR) is 66.1 cm³/mol. The number of nitrogens with one attached hydrogen (secondary N) is 3. The van der Waals surface area contributed by atoms with Crippen molar-refractivity contribution in [2.24, 2.45) is 0 Å². The maximum atomic E-state index is 11.7. The van der Waals surface area contributed by atoms with Gasteiger partial charge in [-0.05, 0) is 6.92 Å². The van der Waals surface area contributed by atoms with E-state index in [9.17, 15) is 9.59 Å². The Labute approximate surface area is 107 Å². The lowest BCUT2D eigenvalue weighted by Crippen LogP contribution is -2.56. The molecule has 0 radical (unpaired) electrons. The van der Waals surface area contributed by atoms with Crippen molar-refractivity contribution >= 4 is 24.2 Å². The molecule has 0 unspecified atom stereocenters. The zero-order valence-corrected chi connectivity index (χ0v) is 10.9. The van der Waals surface area contributed by atoms with E-state index in [4.69, 9.17) is 4.74 Å². The highest BCUT2D eigenvalue weighted by Crippen LogP contribution is 2.03. The van der Waals surface area contributed by atoms with E-state index in [1.54, 1.807) is 0 Å². The van der Waals surface area contributed by atoms with E-state index in [1.165, 1.54) is 6.92 Å². The molecule has 0 aromatic carbocycles. The molecule has 1 fully saturated rings. The van der Waals surface area contributed by atoms with Gasteiger partial charge in [0, 0.05) is 26.6 Å². The van der Waals surface area contributed by atoms with Crippen LogP contribution >= 0.6 is 12.4 Å². The maximum absolute atomic E-state index is 11.7. The SMILES string of the molecule is CC(=O)NCCNC(=O)[C@H]1NCCO[C@@H]1C.Cl. The molecule has 1 aliphatic heterocycles. The average molecular weight is 266 g/mol.